The van der Waals surface area contributed by atoms with Gasteiger partial charge in [-0.15, -0.1) is 0 Å². The van der Waals surface area contributed by atoms with Gasteiger partial charge >= 0.3 is 0 Å². The zero-order valence-electron chi connectivity index (χ0n) is 43.6. The van der Waals surface area contributed by atoms with Gasteiger partial charge in [-0.2, -0.15) is 0 Å². The van der Waals surface area contributed by atoms with Gasteiger partial charge in [0.1, 0.15) is 0 Å². The van der Waals surface area contributed by atoms with Crippen LogP contribution in [0.25, 0.3) is 88.9 Å². The highest BCUT2D eigenvalue weighted by molar-refractivity contribution is 6.03. The smallest absolute Gasteiger partial charge is 0.0725 e. The molecule has 1 spiro atoms. The van der Waals surface area contributed by atoms with Crippen molar-refractivity contribution < 1.29 is 0 Å². The standard InChI is InChI=1S/C73H65N/c1-5-7-9-11-20-48-30-34-50(35-31-48)54-42-55(51-36-32-49(33-37-51)21-12-10-8-6-2)44-56(43-54)52-38-40-60-61-41-39-53(46-67(61)73(66(60)45-52)64-27-17-14-22-57(64)58-23-15-18-28-65(58)73)70-47-68-71-62(25-19-29-69(71)74-70)59-24-13-16-26-63(59)72(68,3)4/h13-19,22-47H,5-12,20-21H2,1-4H3. The highest BCUT2D eigenvalue weighted by Gasteiger charge is 2.52. The van der Waals surface area contributed by atoms with E-state index in [4.69, 9.17) is 4.98 Å². The summed E-state index contributed by atoms with van der Waals surface area (Å²) in [4.78, 5) is 5.53. The van der Waals surface area contributed by atoms with E-state index in [1.807, 2.05) is 0 Å². The molecule has 9 aromatic carbocycles. The van der Waals surface area contributed by atoms with E-state index in [2.05, 4.69) is 228 Å². The second kappa shape index (κ2) is 18.7. The number of hydrogen-bond donors (Lipinski definition) is 0. The summed E-state index contributed by atoms with van der Waals surface area (Å²) < 4.78 is 0. The van der Waals surface area contributed by atoms with Crippen molar-refractivity contribution in [3.05, 3.63) is 245 Å². The number of aromatic nitrogens is 1. The van der Waals surface area contributed by atoms with Crippen molar-refractivity contribution in [2.75, 3.05) is 0 Å². The van der Waals surface area contributed by atoms with Crippen molar-refractivity contribution in [2.45, 2.75) is 103 Å². The minimum Gasteiger partial charge on any atom is -0.248 e. The summed E-state index contributed by atoms with van der Waals surface area (Å²) in [5, 5.41) is 1.27. The molecule has 0 saturated heterocycles. The molecule has 362 valence electrons. The summed E-state index contributed by atoms with van der Waals surface area (Å²) in [6.45, 7) is 9.35. The fraction of sp³-hybridized carbons (Fsp3) is 0.219. The molecule has 1 nitrogen and oxygen atoms in total. The van der Waals surface area contributed by atoms with Gasteiger partial charge in [-0.25, -0.2) is 4.98 Å². The Labute approximate surface area is 439 Å². The van der Waals surface area contributed by atoms with E-state index in [-0.39, 0.29) is 5.41 Å². The van der Waals surface area contributed by atoms with Gasteiger partial charge in [0.15, 0.2) is 0 Å². The summed E-state index contributed by atoms with van der Waals surface area (Å²) in [5.74, 6) is 0. The third-order valence-electron chi connectivity index (χ3n) is 17.3. The second-order valence-electron chi connectivity index (χ2n) is 22.1. The molecule has 0 fully saturated rings. The molecule has 0 radical (unpaired) electrons. The predicted octanol–water partition coefficient (Wildman–Crippen LogP) is 19.8. The van der Waals surface area contributed by atoms with Crippen LogP contribution in [-0.2, 0) is 23.7 Å². The molecule has 13 rings (SSSR count). The van der Waals surface area contributed by atoms with Gasteiger partial charge in [0, 0.05) is 16.4 Å². The van der Waals surface area contributed by atoms with Crippen LogP contribution in [0.3, 0.4) is 0 Å². The molecule has 74 heavy (non-hydrogen) atoms. The highest BCUT2D eigenvalue weighted by Crippen LogP contribution is 2.63. The zero-order chi connectivity index (χ0) is 50.0. The molecule has 0 unspecified atom stereocenters. The summed E-state index contributed by atoms with van der Waals surface area (Å²) in [6, 6.07) is 77.2. The Hall–Kier alpha value is -7.61. The molecule has 0 N–H and O–H groups in total. The van der Waals surface area contributed by atoms with Crippen molar-refractivity contribution >= 4 is 10.9 Å². The van der Waals surface area contributed by atoms with Gasteiger partial charge in [-0.05, 0) is 179 Å². The van der Waals surface area contributed by atoms with Crippen molar-refractivity contribution in [1.29, 1.82) is 0 Å². The van der Waals surface area contributed by atoms with Crippen LogP contribution < -0.4 is 0 Å². The lowest BCUT2D eigenvalue weighted by atomic mass is 9.68. The first-order chi connectivity index (χ1) is 36.3. The third kappa shape index (κ3) is 7.53. The van der Waals surface area contributed by atoms with E-state index in [1.54, 1.807) is 0 Å². The molecule has 0 saturated carbocycles. The lowest BCUT2D eigenvalue weighted by molar-refractivity contribution is 0.644. The minimum atomic E-state index is -0.527. The van der Waals surface area contributed by atoms with Gasteiger partial charge in [0.2, 0.25) is 0 Å². The first kappa shape index (κ1) is 46.2. The Morgan fingerprint density at radius 3 is 1.32 bits per heavy atom. The zero-order valence-corrected chi connectivity index (χ0v) is 43.6. The lowest BCUT2D eigenvalue weighted by Gasteiger charge is -2.35. The quantitative estimate of drug-likeness (QED) is 0.0990. The third-order valence-corrected chi connectivity index (χ3v) is 17.3. The SMILES string of the molecule is CCCCCCc1ccc(-c2cc(-c3ccc(CCCCCC)cc3)cc(-c3ccc4c(c3)C3(c5ccccc5-c5ccccc53)c3cc(-c5cc6c7c(cccc7n5)-c5ccccc5C6(C)C)ccc3-4)c2)cc1. The molecule has 0 atom stereocenters. The molecular weight excluding hydrogens is 891 g/mol. The van der Waals surface area contributed by atoms with Crippen LogP contribution in [0, 0.1) is 0 Å². The number of pyridine rings is 1. The summed E-state index contributed by atoms with van der Waals surface area (Å²) >= 11 is 0. The highest BCUT2D eigenvalue weighted by atomic mass is 14.7. The Morgan fingerprint density at radius 1 is 0.324 bits per heavy atom. The normalized spacial score (nSPS) is 13.9. The van der Waals surface area contributed by atoms with Gasteiger partial charge in [-0.3, -0.25) is 0 Å². The summed E-state index contributed by atoms with van der Waals surface area (Å²) in [6.07, 6.45) is 12.5. The predicted molar refractivity (Wildman–Crippen MR) is 313 cm³/mol. The van der Waals surface area contributed by atoms with Crippen molar-refractivity contribution in [3.8, 4) is 78.0 Å². The molecule has 3 aliphatic carbocycles. The first-order valence-electron chi connectivity index (χ1n) is 27.7. The second-order valence-corrected chi connectivity index (χ2v) is 22.1. The molecule has 0 amide bonds. The molecule has 0 aliphatic heterocycles. The van der Waals surface area contributed by atoms with E-state index in [0.717, 1.165) is 29.6 Å². The van der Waals surface area contributed by atoms with Gasteiger partial charge in [-0.1, -0.05) is 224 Å². The molecule has 1 heterocycles. The van der Waals surface area contributed by atoms with Crippen LogP contribution in [0.1, 0.15) is 124 Å². The van der Waals surface area contributed by atoms with Crippen LogP contribution in [0.2, 0.25) is 0 Å². The summed E-state index contributed by atoms with van der Waals surface area (Å²) in [7, 11) is 0. The topological polar surface area (TPSA) is 12.9 Å². The van der Waals surface area contributed by atoms with Crippen LogP contribution in [-0.4, -0.2) is 4.98 Å². The maximum atomic E-state index is 5.53. The number of rotatable bonds is 14. The fourth-order valence-electron chi connectivity index (χ4n) is 13.4. The molecule has 0 bridgehead atoms. The Bertz CT molecular complexity index is 3650. The Balaban J connectivity index is 0.966. The maximum Gasteiger partial charge on any atom is 0.0725 e. The number of nitrogens with zero attached hydrogens (tertiary/aromatic N) is 1. The van der Waals surface area contributed by atoms with Gasteiger partial charge < -0.3 is 0 Å². The van der Waals surface area contributed by atoms with Crippen molar-refractivity contribution in [1.82, 2.24) is 4.98 Å². The molecule has 1 aromatic heterocycles. The van der Waals surface area contributed by atoms with Crippen molar-refractivity contribution in [3.63, 3.8) is 0 Å². The summed E-state index contributed by atoms with van der Waals surface area (Å²) in [5.41, 5.74) is 28.7. The van der Waals surface area contributed by atoms with E-state index >= 15 is 0 Å². The van der Waals surface area contributed by atoms with Crippen LogP contribution >= 0.6 is 0 Å². The number of aryl methyl sites for hydroxylation is 2. The molecule has 10 aromatic rings. The Morgan fingerprint density at radius 2 is 0.770 bits per heavy atom. The number of hydrogen-bond acceptors (Lipinski definition) is 1. The van der Waals surface area contributed by atoms with E-state index < -0.39 is 5.41 Å². The number of fused-ring (bicyclic) bond motifs is 12. The molecular formula is C73H65N. The van der Waals surface area contributed by atoms with Gasteiger partial charge in [0.05, 0.1) is 16.6 Å². The average Bonchev–Trinajstić information content (AvgIpc) is 3.93. The minimum absolute atomic E-state index is 0.194. The Kier molecular flexibility index (Phi) is 11.7. The first-order valence-corrected chi connectivity index (χ1v) is 27.7. The number of unbranched alkanes of at least 4 members (excludes halogenated alkanes) is 6. The largest absolute Gasteiger partial charge is 0.248 e. The van der Waals surface area contributed by atoms with E-state index in [9.17, 15) is 0 Å². The monoisotopic (exact) mass is 956 g/mol. The van der Waals surface area contributed by atoms with Gasteiger partial charge in [0.25, 0.3) is 0 Å². The van der Waals surface area contributed by atoms with Crippen LogP contribution in [0.15, 0.2) is 200 Å². The maximum absolute atomic E-state index is 5.53. The molecule has 3 aliphatic rings. The fourth-order valence-corrected chi connectivity index (χ4v) is 13.4. The molecule has 1 heteroatoms. The lowest BCUT2D eigenvalue weighted by Crippen LogP contribution is -2.26. The van der Waals surface area contributed by atoms with Crippen LogP contribution in [0.4, 0.5) is 0 Å². The number of benzene rings is 9. The van der Waals surface area contributed by atoms with E-state index in [1.165, 1.54) is 168 Å². The van der Waals surface area contributed by atoms with E-state index in [0.29, 0.717) is 0 Å². The average molecular weight is 956 g/mol. The van der Waals surface area contributed by atoms with Crippen molar-refractivity contribution in [2.24, 2.45) is 0 Å². The van der Waals surface area contributed by atoms with Crippen LogP contribution in [0.5, 0.6) is 0 Å².